The fourth-order valence-corrected chi connectivity index (χ4v) is 3.46. The maximum atomic E-state index is 12.4. The maximum Gasteiger partial charge on any atom is 0.257 e. The average Bonchev–Trinajstić information content (AvgIpc) is 3.19. The van der Waals surface area contributed by atoms with Crippen LogP contribution in [0.4, 0.5) is 5.69 Å². The summed E-state index contributed by atoms with van der Waals surface area (Å²) in [4.78, 5) is 16.9. The Labute approximate surface area is 191 Å². The summed E-state index contributed by atoms with van der Waals surface area (Å²) in [5, 5.41) is 15.4. The van der Waals surface area contributed by atoms with E-state index in [0.29, 0.717) is 38.5 Å². The minimum atomic E-state index is -0.348. The second-order valence-corrected chi connectivity index (χ2v) is 7.77. The number of nitrogens with one attached hydrogen (secondary N) is 2. The third kappa shape index (κ3) is 4.68. The van der Waals surface area contributed by atoms with Gasteiger partial charge in [0, 0.05) is 16.8 Å². The lowest BCUT2D eigenvalue weighted by molar-refractivity contribution is 0.0977. The van der Waals surface area contributed by atoms with Crippen LogP contribution in [0.25, 0.3) is 22.6 Å². The number of amides is 1. The standard InChI is InChI=1S/C22H16BrN3O4S/c1-29-15-4-2-3-12(9-15)20(28)26-22(31)24-14-6-8-19-17(11-14)25-21(30-19)13-5-7-18(27)16(23)10-13/h2-11,27H,1H3,(H2,24,26,28,31). The van der Waals surface area contributed by atoms with Crippen LogP contribution in [0.3, 0.4) is 0 Å². The molecule has 0 saturated carbocycles. The Morgan fingerprint density at radius 3 is 2.77 bits per heavy atom. The van der Waals surface area contributed by atoms with Crippen molar-refractivity contribution < 1.29 is 19.1 Å². The molecule has 0 fully saturated rings. The Morgan fingerprint density at radius 1 is 1.16 bits per heavy atom. The van der Waals surface area contributed by atoms with E-state index in [4.69, 9.17) is 21.4 Å². The maximum absolute atomic E-state index is 12.4. The summed E-state index contributed by atoms with van der Waals surface area (Å²) in [7, 11) is 1.54. The molecule has 156 valence electrons. The molecule has 0 aliphatic heterocycles. The molecule has 0 aliphatic carbocycles. The normalized spacial score (nSPS) is 10.6. The molecule has 0 radical (unpaired) electrons. The fourth-order valence-electron chi connectivity index (χ4n) is 2.87. The molecule has 0 unspecified atom stereocenters. The highest BCUT2D eigenvalue weighted by Crippen LogP contribution is 2.31. The van der Waals surface area contributed by atoms with Gasteiger partial charge in [-0.2, -0.15) is 0 Å². The summed E-state index contributed by atoms with van der Waals surface area (Å²) in [5.74, 6) is 0.788. The van der Waals surface area contributed by atoms with Gasteiger partial charge in [0.1, 0.15) is 17.0 Å². The van der Waals surface area contributed by atoms with E-state index in [1.54, 1.807) is 60.7 Å². The summed E-state index contributed by atoms with van der Waals surface area (Å²) in [6.45, 7) is 0. The molecule has 0 atom stereocenters. The number of hydrogen-bond donors (Lipinski definition) is 3. The van der Waals surface area contributed by atoms with Crippen molar-refractivity contribution in [1.29, 1.82) is 0 Å². The van der Waals surface area contributed by atoms with Gasteiger partial charge in [0.15, 0.2) is 10.7 Å². The van der Waals surface area contributed by atoms with Crippen LogP contribution in [0.2, 0.25) is 0 Å². The van der Waals surface area contributed by atoms with E-state index < -0.39 is 0 Å². The summed E-state index contributed by atoms with van der Waals surface area (Å²) < 4.78 is 11.5. The van der Waals surface area contributed by atoms with Gasteiger partial charge in [-0.05, 0) is 82.7 Å². The highest BCUT2D eigenvalue weighted by molar-refractivity contribution is 9.10. The van der Waals surface area contributed by atoms with Crippen LogP contribution in [0, 0.1) is 0 Å². The van der Waals surface area contributed by atoms with Gasteiger partial charge in [0.25, 0.3) is 5.91 Å². The molecule has 9 heteroatoms. The SMILES string of the molecule is COc1cccc(C(=O)NC(=S)Nc2ccc3oc(-c4ccc(O)c(Br)c4)nc3c2)c1. The average molecular weight is 498 g/mol. The van der Waals surface area contributed by atoms with Crippen LogP contribution in [0.1, 0.15) is 10.4 Å². The number of fused-ring (bicyclic) bond motifs is 1. The molecule has 3 aromatic carbocycles. The number of nitrogens with zero attached hydrogens (tertiary/aromatic N) is 1. The number of phenols is 1. The molecule has 0 saturated heterocycles. The molecule has 31 heavy (non-hydrogen) atoms. The third-order valence-corrected chi connectivity index (χ3v) is 5.24. The third-order valence-electron chi connectivity index (χ3n) is 4.40. The van der Waals surface area contributed by atoms with Crippen LogP contribution in [-0.2, 0) is 0 Å². The zero-order valence-electron chi connectivity index (χ0n) is 16.2. The van der Waals surface area contributed by atoms with Crippen molar-refractivity contribution in [3.05, 3.63) is 70.7 Å². The predicted molar refractivity (Wildman–Crippen MR) is 125 cm³/mol. The van der Waals surface area contributed by atoms with Crippen molar-refractivity contribution in [3.63, 3.8) is 0 Å². The van der Waals surface area contributed by atoms with Crippen LogP contribution in [0.5, 0.6) is 11.5 Å². The molecule has 4 aromatic rings. The highest BCUT2D eigenvalue weighted by Gasteiger charge is 2.12. The lowest BCUT2D eigenvalue weighted by Gasteiger charge is -2.10. The topological polar surface area (TPSA) is 96.6 Å². The van der Waals surface area contributed by atoms with Crippen LogP contribution in [0.15, 0.2) is 69.6 Å². The number of halogens is 1. The first-order valence-electron chi connectivity index (χ1n) is 9.09. The minimum absolute atomic E-state index is 0.135. The number of aromatic hydroxyl groups is 1. The predicted octanol–water partition coefficient (Wildman–Crippen LogP) is 5.10. The monoisotopic (exact) mass is 497 g/mol. The molecule has 0 aliphatic rings. The largest absolute Gasteiger partial charge is 0.507 e. The number of benzene rings is 3. The van der Waals surface area contributed by atoms with E-state index in [0.717, 1.165) is 5.56 Å². The van der Waals surface area contributed by atoms with Gasteiger partial charge in [-0.1, -0.05) is 6.07 Å². The van der Waals surface area contributed by atoms with Crippen molar-refractivity contribution in [2.24, 2.45) is 0 Å². The molecule has 3 N–H and O–H groups in total. The Bertz CT molecular complexity index is 1310. The first-order chi connectivity index (χ1) is 14.9. The smallest absolute Gasteiger partial charge is 0.257 e. The Kier molecular flexibility index (Phi) is 5.88. The van der Waals surface area contributed by atoms with Gasteiger partial charge in [-0.15, -0.1) is 0 Å². The van der Waals surface area contributed by atoms with Crippen LogP contribution in [-0.4, -0.2) is 28.2 Å². The van der Waals surface area contributed by atoms with Gasteiger partial charge in [-0.25, -0.2) is 4.98 Å². The zero-order valence-corrected chi connectivity index (χ0v) is 18.6. The van der Waals surface area contributed by atoms with E-state index in [9.17, 15) is 9.90 Å². The number of rotatable bonds is 4. The Balaban J connectivity index is 1.48. The lowest BCUT2D eigenvalue weighted by atomic mass is 10.2. The van der Waals surface area contributed by atoms with Crippen molar-refractivity contribution in [2.75, 3.05) is 12.4 Å². The number of phenolic OH excluding ortho intramolecular Hbond substituents is 1. The van der Waals surface area contributed by atoms with Crippen LogP contribution >= 0.6 is 28.1 Å². The lowest BCUT2D eigenvalue weighted by Crippen LogP contribution is -2.34. The number of oxazole rings is 1. The summed E-state index contributed by atoms with van der Waals surface area (Å²) >= 11 is 8.54. The molecule has 0 bridgehead atoms. The van der Waals surface area contributed by atoms with Gasteiger partial charge in [-0.3, -0.25) is 10.1 Å². The molecule has 0 spiro atoms. The Morgan fingerprint density at radius 2 is 2.00 bits per heavy atom. The number of hydrogen-bond acceptors (Lipinski definition) is 6. The van der Waals surface area contributed by atoms with Crippen LogP contribution < -0.4 is 15.4 Å². The molecular formula is C22H16BrN3O4S. The van der Waals surface area contributed by atoms with Crippen molar-refractivity contribution in [3.8, 4) is 23.0 Å². The molecule has 1 heterocycles. The summed E-state index contributed by atoms with van der Waals surface area (Å²) in [6.07, 6.45) is 0. The van der Waals surface area contributed by atoms with Crippen molar-refractivity contribution >= 4 is 56.0 Å². The van der Waals surface area contributed by atoms with Gasteiger partial charge in [0.2, 0.25) is 5.89 Å². The van der Waals surface area contributed by atoms with Crippen molar-refractivity contribution in [2.45, 2.75) is 0 Å². The molecule has 4 rings (SSSR count). The second kappa shape index (κ2) is 8.75. The number of methoxy groups -OCH3 is 1. The van der Waals surface area contributed by atoms with E-state index in [1.807, 2.05) is 0 Å². The van der Waals surface area contributed by atoms with E-state index in [2.05, 4.69) is 31.5 Å². The van der Waals surface area contributed by atoms with E-state index in [1.165, 1.54) is 7.11 Å². The first-order valence-corrected chi connectivity index (χ1v) is 10.3. The fraction of sp³-hybridized carbons (Fsp3) is 0.0455. The van der Waals surface area contributed by atoms with E-state index >= 15 is 0 Å². The number of anilines is 1. The summed E-state index contributed by atoms with van der Waals surface area (Å²) in [5.41, 5.74) is 3.01. The number of thiocarbonyl (C=S) groups is 1. The quantitative estimate of drug-likeness (QED) is 0.337. The number of carbonyl (C=O) groups excluding carboxylic acids is 1. The van der Waals surface area contributed by atoms with Crippen molar-refractivity contribution in [1.82, 2.24) is 10.3 Å². The highest BCUT2D eigenvalue weighted by atomic mass is 79.9. The summed E-state index contributed by atoms with van der Waals surface area (Å²) in [6, 6.07) is 17.1. The first kappa shape index (κ1) is 20.8. The van der Waals surface area contributed by atoms with Gasteiger partial charge in [0.05, 0.1) is 11.6 Å². The molecule has 1 amide bonds. The van der Waals surface area contributed by atoms with Gasteiger partial charge < -0.3 is 19.6 Å². The van der Waals surface area contributed by atoms with E-state index in [-0.39, 0.29) is 16.8 Å². The number of aromatic nitrogens is 1. The minimum Gasteiger partial charge on any atom is -0.507 e. The molecular weight excluding hydrogens is 482 g/mol. The zero-order chi connectivity index (χ0) is 22.0. The Hall–Kier alpha value is -3.43. The second-order valence-electron chi connectivity index (χ2n) is 6.51. The number of carbonyl (C=O) groups is 1. The number of ether oxygens (including phenoxy) is 1. The molecule has 1 aromatic heterocycles. The van der Waals surface area contributed by atoms with Gasteiger partial charge >= 0.3 is 0 Å². The molecule has 7 nitrogen and oxygen atoms in total.